The first-order valence-corrected chi connectivity index (χ1v) is 6.51. The lowest BCUT2D eigenvalue weighted by Gasteiger charge is -2.07. The summed E-state index contributed by atoms with van der Waals surface area (Å²) in [5, 5.41) is 3.08. The van der Waals surface area contributed by atoms with E-state index in [0.717, 1.165) is 11.4 Å². The van der Waals surface area contributed by atoms with Crippen molar-refractivity contribution in [1.82, 2.24) is 0 Å². The zero-order valence-corrected chi connectivity index (χ0v) is 11.8. The van der Waals surface area contributed by atoms with Crippen molar-refractivity contribution >= 4 is 28.3 Å². The maximum Gasteiger partial charge on any atom is 0.119 e. The molecule has 0 fully saturated rings. The highest BCUT2D eigenvalue weighted by atomic mass is 127. The number of anilines is 1. The molecule has 0 heterocycles. The van der Waals surface area contributed by atoms with Crippen molar-refractivity contribution < 1.29 is 4.74 Å². The number of nitrogens with one attached hydrogen (secondary N) is 1. The van der Waals surface area contributed by atoms with Gasteiger partial charge in [-0.05, 0) is 64.6 Å². The summed E-state index contributed by atoms with van der Waals surface area (Å²) in [6.07, 6.45) is 0. The molecule has 2 rings (SSSR count). The van der Waals surface area contributed by atoms with Gasteiger partial charge in [0.15, 0.2) is 0 Å². The molecule has 0 aliphatic rings. The molecular weight excluding hydrogens is 325 g/mol. The van der Waals surface area contributed by atoms with Gasteiger partial charge in [0, 0.05) is 16.3 Å². The summed E-state index contributed by atoms with van der Waals surface area (Å²) in [5.41, 5.74) is 2.27. The zero-order chi connectivity index (χ0) is 12.1. The van der Waals surface area contributed by atoms with Crippen LogP contribution in [-0.2, 0) is 6.61 Å². The van der Waals surface area contributed by atoms with Gasteiger partial charge in [-0.3, -0.25) is 0 Å². The van der Waals surface area contributed by atoms with E-state index in [1.54, 1.807) is 0 Å². The fraction of sp³-hybridized carbons (Fsp3) is 0.143. The molecule has 0 saturated carbocycles. The van der Waals surface area contributed by atoms with Crippen molar-refractivity contribution in [2.45, 2.75) is 6.61 Å². The Balaban J connectivity index is 1.95. The molecule has 1 N–H and O–H groups in total. The van der Waals surface area contributed by atoms with Crippen LogP contribution in [0.4, 0.5) is 5.69 Å². The first-order valence-electron chi connectivity index (χ1n) is 5.43. The fourth-order valence-corrected chi connectivity index (χ4v) is 1.82. The second-order valence-electron chi connectivity index (χ2n) is 3.69. The minimum absolute atomic E-state index is 0.607. The number of hydrogen-bond acceptors (Lipinski definition) is 2. The van der Waals surface area contributed by atoms with Crippen LogP contribution >= 0.6 is 22.6 Å². The van der Waals surface area contributed by atoms with Gasteiger partial charge in [-0.2, -0.15) is 0 Å². The lowest BCUT2D eigenvalue weighted by atomic mass is 10.2. The topological polar surface area (TPSA) is 21.3 Å². The van der Waals surface area contributed by atoms with Gasteiger partial charge in [-0.25, -0.2) is 0 Å². The van der Waals surface area contributed by atoms with Crippen molar-refractivity contribution in [2.24, 2.45) is 0 Å². The molecule has 0 aliphatic heterocycles. The van der Waals surface area contributed by atoms with E-state index < -0.39 is 0 Å². The van der Waals surface area contributed by atoms with Crippen molar-refractivity contribution in [3.05, 3.63) is 57.7 Å². The van der Waals surface area contributed by atoms with Crippen LogP contribution in [0, 0.1) is 3.57 Å². The Morgan fingerprint density at radius 3 is 2.24 bits per heavy atom. The quantitative estimate of drug-likeness (QED) is 0.853. The summed E-state index contributed by atoms with van der Waals surface area (Å²) in [7, 11) is 1.90. The van der Waals surface area contributed by atoms with Crippen LogP contribution in [0.25, 0.3) is 0 Å². The smallest absolute Gasteiger partial charge is 0.119 e. The number of hydrogen-bond donors (Lipinski definition) is 1. The summed E-state index contributed by atoms with van der Waals surface area (Å²) in [5.74, 6) is 0.891. The standard InChI is InChI=1S/C14H14INO/c1-16-13-6-8-14(9-7-13)17-10-11-2-4-12(15)5-3-11/h2-9,16H,10H2,1H3. The van der Waals surface area contributed by atoms with E-state index >= 15 is 0 Å². The van der Waals surface area contributed by atoms with E-state index in [1.807, 2.05) is 31.3 Å². The SMILES string of the molecule is CNc1ccc(OCc2ccc(I)cc2)cc1. The lowest BCUT2D eigenvalue weighted by Crippen LogP contribution is -1.95. The third-order valence-electron chi connectivity index (χ3n) is 2.46. The van der Waals surface area contributed by atoms with Crippen LogP contribution in [0.15, 0.2) is 48.5 Å². The first kappa shape index (κ1) is 12.2. The Bertz CT molecular complexity index is 465. The number of benzene rings is 2. The van der Waals surface area contributed by atoms with Crippen LogP contribution in [0.5, 0.6) is 5.75 Å². The van der Waals surface area contributed by atoms with E-state index in [0.29, 0.717) is 6.61 Å². The first-order chi connectivity index (χ1) is 8.28. The lowest BCUT2D eigenvalue weighted by molar-refractivity contribution is 0.306. The molecule has 0 aliphatic carbocycles. The second-order valence-corrected chi connectivity index (χ2v) is 4.94. The predicted molar refractivity (Wildman–Crippen MR) is 79.5 cm³/mol. The average molecular weight is 339 g/mol. The molecule has 0 atom stereocenters. The van der Waals surface area contributed by atoms with Gasteiger partial charge in [-0.15, -0.1) is 0 Å². The maximum atomic E-state index is 5.70. The number of rotatable bonds is 4. The van der Waals surface area contributed by atoms with Crippen molar-refractivity contribution in [1.29, 1.82) is 0 Å². The third kappa shape index (κ3) is 3.63. The zero-order valence-electron chi connectivity index (χ0n) is 9.61. The predicted octanol–water partition coefficient (Wildman–Crippen LogP) is 3.91. The molecule has 0 aromatic heterocycles. The summed E-state index contributed by atoms with van der Waals surface area (Å²) >= 11 is 2.30. The third-order valence-corrected chi connectivity index (χ3v) is 3.18. The molecule has 2 nitrogen and oxygen atoms in total. The summed E-state index contributed by atoms with van der Waals surface area (Å²) < 4.78 is 6.94. The highest BCUT2D eigenvalue weighted by Crippen LogP contribution is 2.16. The van der Waals surface area contributed by atoms with Gasteiger partial charge in [0.25, 0.3) is 0 Å². The van der Waals surface area contributed by atoms with Gasteiger partial charge < -0.3 is 10.1 Å². The van der Waals surface area contributed by atoms with E-state index in [-0.39, 0.29) is 0 Å². The van der Waals surface area contributed by atoms with Crippen LogP contribution in [0.1, 0.15) is 5.56 Å². The van der Waals surface area contributed by atoms with Gasteiger partial charge in [0.05, 0.1) is 0 Å². The maximum absolute atomic E-state index is 5.70. The summed E-state index contributed by atoms with van der Waals surface area (Å²) in [4.78, 5) is 0. The monoisotopic (exact) mass is 339 g/mol. The molecule has 88 valence electrons. The molecule has 17 heavy (non-hydrogen) atoms. The van der Waals surface area contributed by atoms with Crippen LogP contribution in [0.3, 0.4) is 0 Å². The number of halogens is 1. The summed E-state index contributed by atoms with van der Waals surface area (Å²) in [6, 6.07) is 16.3. The van der Waals surface area contributed by atoms with Gasteiger partial charge in [0.1, 0.15) is 12.4 Å². The Labute approximate surface area is 115 Å². The van der Waals surface area contributed by atoms with Gasteiger partial charge in [0.2, 0.25) is 0 Å². The molecule has 2 aromatic carbocycles. The molecule has 0 radical (unpaired) electrons. The van der Waals surface area contributed by atoms with Crippen LogP contribution in [0.2, 0.25) is 0 Å². The highest BCUT2D eigenvalue weighted by molar-refractivity contribution is 14.1. The Morgan fingerprint density at radius 2 is 1.65 bits per heavy atom. The number of ether oxygens (including phenoxy) is 1. The van der Waals surface area contributed by atoms with Crippen molar-refractivity contribution in [2.75, 3.05) is 12.4 Å². The average Bonchev–Trinajstić information content (AvgIpc) is 2.39. The highest BCUT2D eigenvalue weighted by Gasteiger charge is 1.96. The van der Waals surface area contributed by atoms with E-state index in [9.17, 15) is 0 Å². The minimum Gasteiger partial charge on any atom is -0.489 e. The van der Waals surface area contributed by atoms with Gasteiger partial charge in [-0.1, -0.05) is 12.1 Å². The molecule has 0 amide bonds. The van der Waals surface area contributed by atoms with Crippen molar-refractivity contribution in [3.63, 3.8) is 0 Å². The van der Waals surface area contributed by atoms with E-state index in [4.69, 9.17) is 4.74 Å². The van der Waals surface area contributed by atoms with E-state index in [2.05, 4.69) is 52.2 Å². The molecule has 0 unspecified atom stereocenters. The molecular formula is C14H14INO. The Kier molecular flexibility index (Phi) is 4.25. The summed E-state index contributed by atoms with van der Waals surface area (Å²) in [6.45, 7) is 0.607. The molecule has 0 spiro atoms. The Hall–Kier alpha value is -1.23. The normalized spacial score (nSPS) is 10.0. The van der Waals surface area contributed by atoms with Crippen molar-refractivity contribution in [3.8, 4) is 5.75 Å². The second kappa shape index (κ2) is 5.91. The largest absolute Gasteiger partial charge is 0.489 e. The molecule has 0 saturated heterocycles. The van der Waals surface area contributed by atoms with Crippen LogP contribution in [-0.4, -0.2) is 7.05 Å². The molecule has 0 bridgehead atoms. The minimum atomic E-state index is 0.607. The molecule has 2 aromatic rings. The fourth-order valence-electron chi connectivity index (χ4n) is 1.47. The van der Waals surface area contributed by atoms with Gasteiger partial charge >= 0.3 is 0 Å². The molecule has 3 heteroatoms. The van der Waals surface area contributed by atoms with E-state index in [1.165, 1.54) is 9.13 Å². The van der Waals surface area contributed by atoms with Crippen LogP contribution < -0.4 is 10.1 Å². The Morgan fingerprint density at radius 1 is 1.00 bits per heavy atom.